The van der Waals surface area contributed by atoms with E-state index in [0.29, 0.717) is 11.7 Å². The lowest BCUT2D eigenvalue weighted by atomic mass is 10.2. The van der Waals surface area contributed by atoms with Gasteiger partial charge >= 0.3 is 0 Å². The van der Waals surface area contributed by atoms with E-state index in [1.54, 1.807) is 14.2 Å². The average molecular weight is 266 g/mol. The average Bonchev–Trinajstić information content (AvgIpc) is 2.82. The molecule has 1 aromatic carbocycles. The molecule has 7 heteroatoms. The molecular weight excluding hydrogens is 252 g/mol. The Kier molecular flexibility index (Phi) is 3.83. The second kappa shape index (κ2) is 5.54. The summed E-state index contributed by atoms with van der Waals surface area (Å²) in [7, 11) is 3.25. The number of nitrogens with one attached hydrogen (secondary N) is 1. The molecule has 3 N–H and O–H groups in total. The van der Waals surface area contributed by atoms with Gasteiger partial charge in [-0.25, -0.2) is 0 Å². The molecule has 1 aromatic heterocycles. The highest BCUT2D eigenvalue weighted by Gasteiger charge is 2.06. The van der Waals surface area contributed by atoms with Crippen molar-refractivity contribution in [3.63, 3.8) is 0 Å². The zero-order chi connectivity index (χ0) is 13.0. The second-order valence-electron chi connectivity index (χ2n) is 3.49. The molecule has 18 heavy (non-hydrogen) atoms. The number of nitrogens with zero attached hydrogens (tertiary/aromatic N) is 2. The van der Waals surface area contributed by atoms with Gasteiger partial charge in [-0.2, -0.15) is 9.36 Å². The van der Waals surface area contributed by atoms with Crippen molar-refractivity contribution in [1.29, 1.82) is 0 Å². The SMILES string of the molecule is COc1ccc(CNc2nc(N)ns2)c(OC)c1. The molecule has 0 saturated carbocycles. The summed E-state index contributed by atoms with van der Waals surface area (Å²) in [5.41, 5.74) is 6.46. The Morgan fingerprint density at radius 3 is 2.78 bits per heavy atom. The maximum Gasteiger partial charge on any atom is 0.233 e. The number of benzene rings is 1. The Morgan fingerprint density at radius 1 is 1.33 bits per heavy atom. The summed E-state index contributed by atoms with van der Waals surface area (Å²) in [6, 6.07) is 5.66. The predicted octanol–water partition coefficient (Wildman–Crippen LogP) is 1.75. The number of hydrogen-bond acceptors (Lipinski definition) is 7. The van der Waals surface area contributed by atoms with E-state index >= 15 is 0 Å². The fourth-order valence-electron chi connectivity index (χ4n) is 1.48. The molecule has 2 aromatic rings. The molecule has 0 aliphatic heterocycles. The van der Waals surface area contributed by atoms with Gasteiger partial charge < -0.3 is 20.5 Å². The lowest BCUT2D eigenvalue weighted by molar-refractivity contribution is 0.391. The molecule has 0 atom stereocenters. The molecule has 0 amide bonds. The summed E-state index contributed by atoms with van der Waals surface area (Å²) in [6.45, 7) is 0.585. The van der Waals surface area contributed by atoms with Gasteiger partial charge in [-0.3, -0.25) is 0 Å². The molecule has 6 nitrogen and oxygen atoms in total. The van der Waals surface area contributed by atoms with Crippen LogP contribution in [0.25, 0.3) is 0 Å². The normalized spacial score (nSPS) is 10.1. The summed E-state index contributed by atoms with van der Waals surface area (Å²) in [5.74, 6) is 1.80. The van der Waals surface area contributed by atoms with E-state index in [1.165, 1.54) is 11.5 Å². The molecule has 2 rings (SSSR count). The van der Waals surface area contributed by atoms with Crippen LogP contribution in [0.15, 0.2) is 18.2 Å². The first kappa shape index (κ1) is 12.4. The van der Waals surface area contributed by atoms with Crippen LogP contribution in [-0.4, -0.2) is 23.6 Å². The first-order valence-corrected chi connectivity index (χ1v) is 6.04. The molecule has 0 bridgehead atoms. The van der Waals surface area contributed by atoms with E-state index in [0.717, 1.165) is 17.1 Å². The first-order valence-electron chi connectivity index (χ1n) is 5.27. The van der Waals surface area contributed by atoms with Crippen molar-refractivity contribution in [2.24, 2.45) is 0 Å². The van der Waals surface area contributed by atoms with Crippen LogP contribution in [0, 0.1) is 0 Å². The van der Waals surface area contributed by atoms with Crippen LogP contribution in [0.4, 0.5) is 11.1 Å². The smallest absolute Gasteiger partial charge is 0.233 e. The zero-order valence-corrected chi connectivity index (χ0v) is 11.0. The molecule has 0 saturated heterocycles. The van der Waals surface area contributed by atoms with Crippen LogP contribution >= 0.6 is 11.5 Å². The topological polar surface area (TPSA) is 82.3 Å². The number of rotatable bonds is 5. The van der Waals surface area contributed by atoms with Crippen LogP contribution in [0.2, 0.25) is 0 Å². The Hall–Kier alpha value is -2.02. The number of methoxy groups -OCH3 is 2. The summed E-state index contributed by atoms with van der Waals surface area (Å²) >= 11 is 1.23. The third-order valence-corrected chi connectivity index (χ3v) is 3.05. The maximum absolute atomic E-state index is 5.45. The standard InChI is InChI=1S/C11H14N4O2S/c1-16-8-4-3-7(9(5-8)17-2)6-13-11-14-10(12)15-18-11/h3-5H,6H2,1-2H3,(H3,12,13,14,15). The third-order valence-electron chi connectivity index (χ3n) is 2.37. The lowest BCUT2D eigenvalue weighted by Gasteiger charge is -2.10. The van der Waals surface area contributed by atoms with Crippen LogP contribution in [-0.2, 0) is 6.54 Å². The number of nitrogens with two attached hydrogens (primary N) is 1. The molecule has 0 fully saturated rings. The minimum absolute atomic E-state index is 0.282. The Balaban J connectivity index is 2.08. The summed E-state index contributed by atoms with van der Waals surface area (Å²) in [4.78, 5) is 4.02. The van der Waals surface area contributed by atoms with Gasteiger partial charge in [0.2, 0.25) is 11.1 Å². The fraction of sp³-hybridized carbons (Fsp3) is 0.273. The summed E-state index contributed by atoms with van der Waals surface area (Å²) in [6.07, 6.45) is 0. The van der Waals surface area contributed by atoms with Crippen molar-refractivity contribution in [2.75, 3.05) is 25.3 Å². The van der Waals surface area contributed by atoms with Gasteiger partial charge in [-0.05, 0) is 12.1 Å². The van der Waals surface area contributed by atoms with E-state index < -0.39 is 0 Å². The van der Waals surface area contributed by atoms with Crippen LogP contribution in [0.1, 0.15) is 5.56 Å². The number of hydrogen-bond donors (Lipinski definition) is 2. The van der Waals surface area contributed by atoms with Crippen molar-refractivity contribution in [3.05, 3.63) is 23.8 Å². The number of aromatic nitrogens is 2. The summed E-state index contributed by atoms with van der Waals surface area (Å²) in [5, 5.41) is 3.82. The molecule has 96 valence electrons. The number of nitrogen functional groups attached to an aromatic ring is 1. The highest BCUT2D eigenvalue weighted by atomic mass is 32.1. The second-order valence-corrected chi connectivity index (χ2v) is 4.24. The van der Waals surface area contributed by atoms with Crippen LogP contribution in [0.3, 0.4) is 0 Å². The van der Waals surface area contributed by atoms with E-state index in [9.17, 15) is 0 Å². The minimum atomic E-state index is 0.282. The minimum Gasteiger partial charge on any atom is -0.497 e. The first-order chi connectivity index (χ1) is 8.72. The highest BCUT2D eigenvalue weighted by molar-refractivity contribution is 7.09. The third kappa shape index (κ3) is 2.80. The maximum atomic E-state index is 5.45. The monoisotopic (exact) mass is 266 g/mol. The van der Waals surface area contributed by atoms with Gasteiger partial charge in [0.05, 0.1) is 14.2 Å². The van der Waals surface area contributed by atoms with E-state index in [4.69, 9.17) is 15.2 Å². The van der Waals surface area contributed by atoms with Crippen molar-refractivity contribution in [3.8, 4) is 11.5 Å². The lowest BCUT2D eigenvalue weighted by Crippen LogP contribution is -2.02. The van der Waals surface area contributed by atoms with Crippen LogP contribution in [0.5, 0.6) is 11.5 Å². The molecular formula is C11H14N4O2S. The fourth-order valence-corrected chi connectivity index (χ4v) is 1.97. The quantitative estimate of drug-likeness (QED) is 0.858. The molecule has 0 unspecified atom stereocenters. The Labute approximate surface area is 109 Å². The van der Waals surface area contributed by atoms with E-state index in [1.807, 2.05) is 18.2 Å². The van der Waals surface area contributed by atoms with Crippen molar-refractivity contribution in [2.45, 2.75) is 6.54 Å². The highest BCUT2D eigenvalue weighted by Crippen LogP contribution is 2.25. The van der Waals surface area contributed by atoms with Gasteiger partial charge in [0.25, 0.3) is 0 Å². The van der Waals surface area contributed by atoms with E-state index in [2.05, 4.69) is 14.7 Å². The molecule has 0 spiro atoms. The predicted molar refractivity (Wildman–Crippen MR) is 71.2 cm³/mol. The zero-order valence-electron chi connectivity index (χ0n) is 10.1. The summed E-state index contributed by atoms with van der Waals surface area (Å²) < 4.78 is 14.3. The largest absolute Gasteiger partial charge is 0.497 e. The molecule has 0 aliphatic carbocycles. The van der Waals surface area contributed by atoms with Crippen molar-refractivity contribution < 1.29 is 9.47 Å². The number of ether oxygens (including phenoxy) is 2. The van der Waals surface area contributed by atoms with Crippen molar-refractivity contribution >= 4 is 22.6 Å². The number of anilines is 2. The van der Waals surface area contributed by atoms with Gasteiger partial charge in [-0.15, -0.1) is 0 Å². The van der Waals surface area contributed by atoms with Crippen LogP contribution < -0.4 is 20.5 Å². The van der Waals surface area contributed by atoms with Gasteiger partial charge in [0.15, 0.2) is 0 Å². The van der Waals surface area contributed by atoms with E-state index in [-0.39, 0.29) is 5.95 Å². The molecule has 0 aliphatic rings. The van der Waals surface area contributed by atoms with Crippen molar-refractivity contribution in [1.82, 2.24) is 9.36 Å². The van der Waals surface area contributed by atoms with Gasteiger partial charge in [0, 0.05) is 29.7 Å². The molecule has 0 radical (unpaired) electrons. The Morgan fingerprint density at radius 2 is 2.17 bits per heavy atom. The molecule has 1 heterocycles. The van der Waals surface area contributed by atoms with Gasteiger partial charge in [-0.1, -0.05) is 0 Å². The van der Waals surface area contributed by atoms with Gasteiger partial charge in [0.1, 0.15) is 11.5 Å². The Bertz CT molecular complexity index is 530.